The third kappa shape index (κ3) is 5.05. The molecule has 0 unspecified atom stereocenters. The minimum atomic E-state index is -0.0617. The normalized spacial score (nSPS) is 11.1. The van der Waals surface area contributed by atoms with Crippen molar-refractivity contribution in [1.82, 2.24) is 5.32 Å². The van der Waals surface area contributed by atoms with Gasteiger partial charge >= 0.3 is 0 Å². The average Bonchev–Trinajstić information content (AvgIpc) is 2.71. The molecular formula is C24H21NO. The Morgan fingerprint density at radius 1 is 0.731 bits per heavy atom. The van der Waals surface area contributed by atoms with Crippen LogP contribution in [0.15, 0.2) is 97.1 Å². The maximum atomic E-state index is 12.2. The van der Waals surface area contributed by atoms with E-state index in [1.807, 2.05) is 78.9 Å². The number of benzene rings is 3. The second-order valence-electron chi connectivity index (χ2n) is 5.88. The van der Waals surface area contributed by atoms with Gasteiger partial charge in [-0.05, 0) is 28.8 Å². The Hall–Kier alpha value is -3.39. The fourth-order valence-electron chi connectivity index (χ4n) is 2.61. The molecule has 2 nitrogen and oxygen atoms in total. The number of hydrogen-bond donors (Lipinski definition) is 1. The van der Waals surface area contributed by atoms with Crippen LogP contribution in [0.25, 0.3) is 12.2 Å². The molecule has 0 aliphatic rings. The number of rotatable bonds is 6. The standard InChI is InChI=1S/C24H21NO/c26-24(22-16-5-2-6-17-22)25-19-23-18-10-9-15-21(23)14-8-7-13-20-11-3-1-4-12-20/h1-18H,19H2,(H,25,26)/b13-7+,14-8+. The van der Waals surface area contributed by atoms with Crippen LogP contribution in [0.5, 0.6) is 0 Å². The topological polar surface area (TPSA) is 29.1 Å². The van der Waals surface area contributed by atoms with Gasteiger partial charge in [-0.1, -0.05) is 97.1 Å². The summed E-state index contributed by atoms with van der Waals surface area (Å²) < 4.78 is 0. The van der Waals surface area contributed by atoms with Gasteiger partial charge in [0.05, 0.1) is 0 Å². The van der Waals surface area contributed by atoms with Crippen molar-refractivity contribution >= 4 is 18.1 Å². The lowest BCUT2D eigenvalue weighted by atomic mass is 10.1. The van der Waals surface area contributed by atoms with E-state index in [4.69, 9.17) is 0 Å². The highest BCUT2D eigenvalue weighted by Gasteiger charge is 2.05. The smallest absolute Gasteiger partial charge is 0.251 e. The third-order valence-corrected chi connectivity index (χ3v) is 4.01. The lowest BCUT2D eigenvalue weighted by Gasteiger charge is -2.08. The van der Waals surface area contributed by atoms with Crippen LogP contribution in [0.1, 0.15) is 27.0 Å². The number of carbonyl (C=O) groups excluding carboxylic acids is 1. The summed E-state index contributed by atoms with van der Waals surface area (Å²) in [4.78, 5) is 12.2. The maximum absolute atomic E-state index is 12.2. The molecule has 0 bridgehead atoms. The van der Waals surface area contributed by atoms with E-state index in [0.29, 0.717) is 12.1 Å². The molecule has 26 heavy (non-hydrogen) atoms. The van der Waals surface area contributed by atoms with Crippen LogP contribution >= 0.6 is 0 Å². The third-order valence-electron chi connectivity index (χ3n) is 4.01. The predicted molar refractivity (Wildman–Crippen MR) is 109 cm³/mol. The molecule has 128 valence electrons. The molecule has 0 aromatic heterocycles. The van der Waals surface area contributed by atoms with Crippen molar-refractivity contribution in [3.63, 3.8) is 0 Å². The number of nitrogens with one attached hydrogen (secondary N) is 1. The first-order valence-corrected chi connectivity index (χ1v) is 8.64. The summed E-state index contributed by atoms with van der Waals surface area (Å²) in [5.41, 5.74) is 4.02. The number of amides is 1. The highest BCUT2D eigenvalue weighted by molar-refractivity contribution is 5.94. The predicted octanol–water partition coefficient (Wildman–Crippen LogP) is 5.34. The van der Waals surface area contributed by atoms with Crippen molar-refractivity contribution in [2.45, 2.75) is 6.54 Å². The van der Waals surface area contributed by atoms with E-state index in [-0.39, 0.29) is 5.91 Å². The largest absolute Gasteiger partial charge is 0.348 e. The number of carbonyl (C=O) groups is 1. The van der Waals surface area contributed by atoms with Crippen LogP contribution in [0, 0.1) is 0 Å². The maximum Gasteiger partial charge on any atom is 0.251 e. The summed E-state index contributed by atoms with van der Waals surface area (Å²) in [7, 11) is 0. The molecular weight excluding hydrogens is 318 g/mol. The van der Waals surface area contributed by atoms with Crippen molar-refractivity contribution < 1.29 is 4.79 Å². The first-order chi connectivity index (χ1) is 12.8. The molecule has 2 heteroatoms. The lowest BCUT2D eigenvalue weighted by Crippen LogP contribution is -2.23. The minimum Gasteiger partial charge on any atom is -0.348 e. The summed E-state index contributed by atoms with van der Waals surface area (Å²) in [5.74, 6) is -0.0617. The Kier molecular flexibility index (Phi) is 6.16. The molecule has 0 aliphatic heterocycles. The van der Waals surface area contributed by atoms with Gasteiger partial charge in [-0.15, -0.1) is 0 Å². The van der Waals surface area contributed by atoms with E-state index >= 15 is 0 Å². The molecule has 1 amide bonds. The molecule has 3 aromatic rings. The highest BCUT2D eigenvalue weighted by atomic mass is 16.1. The van der Waals surface area contributed by atoms with Crippen molar-refractivity contribution in [1.29, 1.82) is 0 Å². The Morgan fingerprint density at radius 2 is 1.35 bits per heavy atom. The molecule has 1 N–H and O–H groups in total. The first kappa shape index (κ1) is 17.4. The molecule has 0 spiro atoms. The molecule has 0 saturated heterocycles. The molecule has 0 saturated carbocycles. The molecule has 0 aliphatic carbocycles. The van der Waals surface area contributed by atoms with Gasteiger partial charge in [0, 0.05) is 12.1 Å². The Bertz CT molecular complexity index is 896. The van der Waals surface area contributed by atoms with Gasteiger partial charge in [-0.25, -0.2) is 0 Å². The van der Waals surface area contributed by atoms with Gasteiger partial charge in [0.1, 0.15) is 0 Å². The Morgan fingerprint density at radius 3 is 2.12 bits per heavy atom. The zero-order valence-corrected chi connectivity index (χ0v) is 14.5. The van der Waals surface area contributed by atoms with Crippen LogP contribution in [-0.4, -0.2) is 5.91 Å². The Balaban J connectivity index is 1.63. The number of allylic oxidation sites excluding steroid dienone is 2. The molecule has 0 heterocycles. The van der Waals surface area contributed by atoms with E-state index in [2.05, 4.69) is 35.7 Å². The fourth-order valence-corrected chi connectivity index (χ4v) is 2.61. The van der Waals surface area contributed by atoms with Crippen molar-refractivity contribution in [3.05, 3.63) is 119 Å². The second kappa shape index (κ2) is 9.19. The monoisotopic (exact) mass is 339 g/mol. The van der Waals surface area contributed by atoms with Gasteiger partial charge in [0.15, 0.2) is 0 Å². The minimum absolute atomic E-state index is 0.0617. The van der Waals surface area contributed by atoms with Gasteiger partial charge in [-0.2, -0.15) is 0 Å². The zero-order valence-electron chi connectivity index (χ0n) is 14.5. The van der Waals surface area contributed by atoms with Gasteiger partial charge < -0.3 is 5.32 Å². The molecule has 0 radical (unpaired) electrons. The van der Waals surface area contributed by atoms with Crippen LogP contribution in [0.3, 0.4) is 0 Å². The summed E-state index contributed by atoms with van der Waals surface area (Å²) in [5, 5.41) is 2.98. The summed E-state index contributed by atoms with van der Waals surface area (Å²) in [6, 6.07) is 27.5. The summed E-state index contributed by atoms with van der Waals surface area (Å²) >= 11 is 0. The Labute approximate surface area is 154 Å². The highest BCUT2D eigenvalue weighted by Crippen LogP contribution is 2.12. The summed E-state index contributed by atoms with van der Waals surface area (Å²) in [6.45, 7) is 0.497. The van der Waals surface area contributed by atoms with Crippen molar-refractivity contribution in [2.75, 3.05) is 0 Å². The van der Waals surface area contributed by atoms with E-state index in [0.717, 1.165) is 11.1 Å². The van der Waals surface area contributed by atoms with E-state index in [9.17, 15) is 4.79 Å². The summed E-state index contributed by atoms with van der Waals surface area (Å²) in [6.07, 6.45) is 8.17. The molecule has 3 aromatic carbocycles. The van der Waals surface area contributed by atoms with Crippen LogP contribution < -0.4 is 5.32 Å². The van der Waals surface area contributed by atoms with Gasteiger partial charge in [0.25, 0.3) is 5.91 Å². The zero-order chi connectivity index (χ0) is 18.0. The molecule has 0 fully saturated rings. The van der Waals surface area contributed by atoms with Gasteiger partial charge in [0.2, 0.25) is 0 Å². The van der Waals surface area contributed by atoms with E-state index in [1.165, 1.54) is 5.56 Å². The van der Waals surface area contributed by atoms with Crippen LogP contribution in [0.2, 0.25) is 0 Å². The van der Waals surface area contributed by atoms with E-state index < -0.39 is 0 Å². The fraction of sp³-hybridized carbons (Fsp3) is 0.0417. The molecule has 3 rings (SSSR count). The second-order valence-corrected chi connectivity index (χ2v) is 5.88. The first-order valence-electron chi connectivity index (χ1n) is 8.64. The van der Waals surface area contributed by atoms with Crippen molar-refractivity contribution in [3.8, 4) is 0 Å². The number of hydrogen-bond acceptors (Lipinski definition) is 1. The SMILES string of the molecule is O=C(NCc1ccccc1/C=C/C=C/c1ccccc1)c1ccccc1. The lowest BCUT2D eigenvalue weighted by molar-refractivity contribution is 0.0951. The van der Waals surface area contributed by atoms with Crippen molar-refractivity contribution in [2.24, 2.45) is 0 Å². The molecule has 0 atom stereocenters. The quantitative estimate of drug-likeness (QED) is 0.603. The van der Waals surface area contributed by atoms with Crippen LogP contribution in [0.4, 0.5) is 0 Å². The van der Waals surface area contributed by atoms with Gasteiger partial charge in [-0.3, -0.25) is 4.79 Å². The average molecular weight is 339 g/mol. The van der Waals surface area contributed by atoms with E-state index in [1.54, 1.807) is 0 Å². The van der Waals surface area contributed by atoms with Crippen LogP contribution in [-0.2, 0) is 6.54 Å².